The average Bonchev–Trinajstić information content (AvgIpc) is 3.54. The molecule has 36 heavy (non-hydrogen) atoms. The van der Waals surface area contributed by atoms with Gasteiger partial charge in [0.1, 0.15) is 18.9 Å². The molecule has 1 aliphatic rings. The molecule has 1 aromatic heterocycles. The summed E-state index contributed by atoms with van der Waals surface area (Å²) in [5, 5.41) is 15.9. The molecule has 0 unspecified atom stereocenters. The van der Waals surface area contributed by atoms with Gasteiger partial charge in [0.15, 0.2) is 0 Å². The molecule has 0 spiro atoms. The molecule has 1 aliphatic heterocycles. The number of halogens is 1. The minimum atomic E-state index is 0. The molecular weight excluding hydrogens is 506 g/mol. The topological polar surface area (TPSA) is 46.3 Å². The van der Waals surface area contributed by atoms with Crippen LogP contribution in [0.1, 0.15) is 36.0 Å². The highest BCUT2D eigenvalue weighted by Crippen LogP contribution is 2.40. The fourth-order valence-corrected chi connectivity index (χ4v) is 5.62. The van der Waals surface area contributed by atoms with Crippen molar-refractivity contribution in [2.45, 2.75) is 32.8 Å². The SMILES string of the molecule is CC#C[C@@H](CC1=NN=NC1)c1ccc(OCc2cc(Cl)c3scc(-c4ccccc4C)c3c2)cc1.S. The number of benzene rings is 3. The van der Waals surface area contributed by atoms with Gasteiger partial charge in [-0.2, -0.15) is 18.6 Å². The molecule has 0 radical (unpaired) electrons. The number of aryl methyl sites for hydroxylation is 1. The largest absolute Gasteiger partial charge is 0.489 e. The van der Waals surface area contributed by atoms with Crippen LogP contribution in [-0.4, -0.2) is 12.3 Å². The Morgan fingerprint density at radius 2 is 1.89 bits per heavy atom. The number of rotatable bonds is 7. The lowest BCUT2D eigenvalue weighted by Crippen LogP contribution is -2.07. The predicted octanol–water partition coefficient (Wildman–Crippen LogP) is 8.54. The van der Waals surface area contributed by atoms with E-state index in [2.05, 4.69) is 82.0 Å². The molecule has 0 saturated carbocycles. The van der Waals surface area contributed by atoms with E-state index in [-0.39, 0.29) is 19.4 Å². The van der Waals surface area contributed by atoms with E-state index < -0.39 is 0 Å². The summed E-state index contributed by atoms with van der Waals surface area (Å²) in [6.45, 7) is 5.00. The standard InChI is InChI=1S/C29H24ClN3OS.H2S/c1-3-6-22(15-23-16-31-33-32-23)21-9-11-24(12-10-21)34-17-20-13-26-27(18-35-29(26)28(30)14-20)25-8-5-4-7-19(25)2;/h4-5,7-14,18,22H,15-17H2,1-2H3;1H2/t22-;/m0./s1. The summed E-state index contributed by atoms with van der Waals surface area (Å²) in [6.07, 6.45) is 0.733. The Morgan fingerprint density at radius 1 is 1.08 bits per heavy atom. The number of ether oxygens (including phenoxy) is 1. The highest BCUT2D eigenvalue weighted by molar-refractivity contribution is 7.59. The van der Waals surface area contributed by atoms with Gasteiger partial charge in [0.05, 0.1) is 21.4 Å². The molecule has 0 aliphatic carbocycles. The Kier molecular flexibility index (Phi) is 8.48. The van der Waals surface area contributed by atoms with E-state index in [1.54, 1.807) is 11.3 Å². The summed E-state index contributed by atoms with van der Waals surface area (Å²) >= 11 is 8.34. The molecule has 0 saturated heterocycles. The van der Waals surface area contributed by atoms with Crippen LogP contribution in [0, 0.1) is 18.8 Å². The van der Waals surface area contributed by atoms with Crippen LogP contribution in [0.2, 0.25) is 5.02 Å². The predicted molar refractivity (Wildman–Crippen MR) is 156 cm³/mol. The second-order valence-corrected chi connectivity index (χ2v) is 9.77. The lowest BCUT2D eigenvalue weighted by molar-refractivity contribution is 0.306. The van der Waals surface area contributed by atoms with E-state index in [1.807, 2.05) is 25.1 Å². The minimum Gasteiger partial charge on any atom is -0.489 e. The monoisotopic (exact) mass is 531 g/mol. The first-order valence-electron chi connectivity index (χ1n) is 11.4. The molecule has 3 aromatic carbocycles. The lowest BCUT2D eigenvalue weighted by Gasteiger charge is -2.12. The van der Waals surface area contributed by atoms with E-state index in [4.69, 9.17) is 16.3 Å². The smallest absolute Gasteiger partial charge is 0.119 e. The summed E-state index contributed by atoms with van der Waals surface area (Å²) in [5.41, 5.74) is 6.84. The Balaban J connectivity index is 0.00000304. The number of thiophene rings is 1. The van der Waals surface area contributed by atoms with Crippen molar-refractivity contribution in [1.29, 1.82) is 0 Å². The fraction of sp³-hybridized carbons (Fsp3) is 0.207. The van der Waals surface area contributed by atoms with Crippen molar-refractivity contribution >= 4 is 52.2 Å². The quantitative estimate of drug-likeness (QED) is 0.220. The zero-order chi connectivity index (χ0) is 24.2. The Labute approximate surface area is 227 Å². The Morgan fingerprint density at radius 3 is 2.61 bits per heavy atom. The van der Waals surface area contributed by atoms with Crippen molar-refractivity contribution in [1.82, 2.24) is 0 Å². The zero-order valence-corrected chi connectivity index (χ0v) is 22.7. The van der Waals surface area contributed by atoms with E-state index in [9.17, 15) is 0 Å². The molecule has 0 bridgehead atoms. The molecule has 4 nitrogen and oxygen atoms in total. The van der Waals surface area contributed by atoms with Crippen LogP contribution in [0.25, 0.3) is 21.2 Å². The third-order valence-electron chi connectivity index (χ3n) is 6.07. The fourth-order valence-electron chi connectivity index (χ4n) is 4.29. The normalized spacial score (nSPS) is 13.0. The molecule has 2 heterocycles. The van der Waals surface area contributed by atoms with Gasteiger partial charge in [-0.25, -0.2) is 0 Å². The van der Waals surface area contributed by atoms with Gasteiger partial charge in [-0.3, -0.25) is 0 Å². The summed E-state index contributed by atoms with van der Waals surface area (Å²) in [5.74, 6) is 7.18. The summed E-state index contributed by atoms with van der Waals surface area (Å²) in [7, 11) is 0. The van der Waals surface area contributed by atoms with Gasteiger partial charge >= 0.3 is 0 Å². The minimum absolute atomic E-state index is 0. The first-order valence-corrected chi connectivity index (χ1v) is 12.7. The van der Waals surface area contributed by atoms with Crippen LogP contribution in [0.3, 0.4) is 0 Å². The van der Waals surface area contributed by atoms with Crippen LogP contribution in [0.15, 0.2) is 81.5 Å². The number of hydrogen-bond acceptors (Lipinski definition) is 5. The molecule has 5 rings (SSSR count). The highest BCUT2D eigenvalue weighted by Gasteiger charge is 2.15. The molecule has 0 N–H and O–H groups in total. The first kappa shape index (κ1) is 26.0. The molecular formula is C29H26ClN3OS2. The third-order valence-corrected chi connectivity index (χ3v) is 7.51. The van der Waals surface area contributed by atoms with Crippen molar-refractivity contribution < 1.29 is 4.74 Å². The van der Waals surface area contributed by atoms with Gasteiger partial charge in [0, 0.05) is 17.4 Å². The van der Waals surface area contributed by atoms with Crippen molar-refractivity contribution in [3.63, 3.8) is 0 Å². The average molecular weight is 532 g/mol. The Bertz CT molecular complexity index is 1500. The van der Waals surface area contributed by atoms with Gasteiger partial charge in [0.2, 0.25) is 0 Å². The van der Waals surface area contributed by atoms with E-state index >= 15 is 0 Å². The van der Waals surface area contributed by atoms with Crippen LogP contribution in [0.5, 0.6) is 5.75 Å². The van der Waals surface area contributed by atoms with Crippen molar-refractivity contribution in [3.05, 3.63) is 87.8 Å². The summed E-state index contributed by atoms with van der Waals surface area (Å²) in [4.78, 5) is 0. The molecule has 7 heteroatoms. The van der Waals surface area contributed by atoms with Crippen molar-refractivity contribution in [2.24, 2.45) is 15.4 Å². The summed E-state index contributed by atoms with van der Waals surface area (Å²) in [6, 6.07) is 20.8. The highest BCUT2D eigenvalue weighted by atomic mass is 35.5. The maximum atomic E-state index is 6.66. The maximum Gasteiger partial charge on any atom is 0.119 e. The molecule has 1 atom stereocenters. The molecule has 0 fully saturated rings. The van der Waals surface area contributed by atoms with Gasteiger partial charge in [-0.15, -0.1) is 22.4 Å². The maximum absolute atomic E-state index is 6.66. The van der Waals surface area contributed by atoms with E-state index in [0.29, 0.717) is 13.2 Å². The van der Waals surface area contributed by atoms with Crippen LogP contribution in [-0.2, 0) is 6.61 Å². The first-order chi connectivity index (χ1) is 17.1. The van der Waals surface area contributed by atoms with Crippen molar-refractivity contribution in [3.8, 4) is 28.7 Å². The second-order valence-electron chi connectivity index (χ2n) is 8.48. The lowest BCUT2D eigenvalue weighted by atomic mass is 9.94. The second kappa shape index (κ2) is 11.7. The summed E-state index contributed by atoms with van der Waals surface area (Å²) < 4.78 is 7.23. The van der Waals surface area contributed by atoms with Gasteiger partial charge in [-0.1, -0.05) is 53.9 Å². The number of hydrogen-bond donors (Lipinski definition) is 0. The zero-order valence-electron chi connectivity index (χ0n) is 20.1. The van der Waals surface area contributed by atoms with E-state index in [1.165, 1.54) is 22.1 Å². The van der Waals surface area contributed by atoms with Crippen molar-refractivity contribution in [2.75, 3.05) is 6.54 Å². The Hall–Kier alpha value is -3.11. The molecule has 0 amide bonds. The van der Waals surface area contributed by atoms with Gasteiger partial charge in [-0.05, 0) is 71.0 Å². The molecule has 182 valence electrons. The van der Waals surface area contributed by atoms with E-state index in [0.717, 1.165) is 38.7 Å². The third kappa shape index (κ3) is 5.65. The number of nitrogens with zero attached hydrogens (tertiary/aromatic N) is 3. The number of fused-ring (bicyclic) bond motifs is 1. The molecule has 4 aromatic rings. The van der Waals surface area contributed by atoms with Crippen LogP contribution < -0.4 is 4.74 Å². The van der Waals surface area contributed by atoms with Gasteiger partial charge in [0.25, 0.3) is 0 Å². The van der Waals surface area contributed by atoms with Crippen LogP contribution in [0.4, 0.5) is 0 Å². The van der Waals surface area contributed by atoms with Crippen LogP contribution >= 0.6 is 36.4 Å². The van der Waals surface area contributed by atoms with Gasteiger partial charge < -0.3 is 4.74 Å².